The topological polar surface area (TPSA) is 78.9 Å². The second kappa shape index (κ2) is 9.40. The Hall–Kier alpha value is -2.73. The molecule has 1 aliphatic heterocycles. The van der Waals surface area contributed by atoms with Gasteiger partial charge in [-0.3, -0.25) is 4.79 Å². The first-order valence-corrected chi connectivity index (χ1v) is 14.6. The van der Waals surface area contributed by atoms with E-state index >= 15 is 0 Å². The Balaban J connectivity index is 1.81. The minimum Gasteiger partial charge on any atom is -0.458 e. The molecule has 6 heteroatoms. The van der Waals surface area contributed by atoms with Gasteiger partial charge in [0.2, 0.25) is 0 Å². The first kappa shape index (κ1) is 28.8. The lowest BCUT2D eigenvalue weighted by Gasteiger charge is -2.69. The van der Waals surface area contributed by atoms with Gasteiger partial charge in [-0.25, -0.2) is 9.59 Å². The summed E-state index contributed by atoms with van der Waals surface area (Å²) in [4.78, 5) is 41.7. The van der Waals surface area contributed by atoms with Gasteiger partial charge in [0.1, 0.15) is 18.0 Å². The Morgan fingerprint density at radius 1 is 1.07 bits per heavy atom. The highest BCUT2D eigenvalue weighted by Gasteiger charge is 2.75. The van der Waals surface area contributed by atoms with Crippen LogP contribution in [0.25, 0.3) is 0 Å². The number of esters is 2. The molecular formula is C34H44O6. The third-order valence-electron chi connectivity index (χ3n) is 11.8. The van der Waals surface area contributed by atoms with Gasteiger partial charge in [-0.1, -0.05) is 84.4 Å². The highest BCUT2D eigenvalue weighted by atomic mass is 16.6. The molecule has 0 N–H and O–H groups in total. The fourth-order valence-corrected chi connectivity index (χ4v) is 9.04. The zero-order valence-electron chi connectivity index (χ0n) is 25.2. The Labute approximate surface area is 238 Å². The molecule has 3 aliphatic carbocycles. The molecule has 0 spiro atoms. The highest BCUT2D eigenvalue weighted by molar-refractivity contribution is 5.92. The normalized spacial score (nSPS) is 41.9. The molecule has 216 valence electrons. The number of ketones is 1. The molecule has 1 aromatic rings. The second-order valence-corrected chi connectivity index (χ2v) is 13.8. The molecule has 0 amide bonds. The monoisotopic (exact) mass is 548 g/mol. The van der Waals surface area contributed by atoms with Crippen LogP contribution in [0.4, 0.5) is 0 Å². The van der Waals surface area contributed by atoms with E-state index in [0.717, 1.165) is 18.1 Å². The maximum Gasteiger partial charge on any atom is 0.338 e. The van der Waals surface area contributed by atoms with Gasteiger partial charge in [0.15, 0.2) is 5.60 Å². The number of carbonyl (C=O) groups is 3. The zero-order chi connectivity index (χ0) is 29.4. The molecule has 0 aromatic heterocycles. The minimum atomic E-state index is -1.11. The van der Waals surface area contributed by atoms with Crippen LogP contribution in [-0.4, -0.2) is 42.1 Å². The van der Waals surface area contributed by atoms with E-state index in [4.69, 9.17) is 14.2 Å². The van der Waals surface area contributed by atoms with Crippen molar-refractivity contribution in [2.45, 2.75) is 86.0 Å². The van der Waals surface area contributed by atoms with Crippen molar-refractivity contribution in [3.8, 4) is 0 Å². The number of Topliss-reactive ketones (excluding diaryl/α,β-unsaturated/α-hetero) is 1. The van der Waals surface area contributed by atoms with Crippen molar-refractivity contribution in [2.24, 2.45) is 39.9 Å². The lowest BCUT2D eigenvalue weighted by Crippen LogP contribution is -2.78. The van der Waals surface area contributed by atoms with Crippen LogP contribution in [0.5, 0.6) is 0 Å². The van der Waals surface area contributed by atoms with Crippen molar-refractivity contribution in [1.82, 2.24) is 0 Å². The van der Waals surface area contributed by atoms with Gasteiger partial charge in [-0.2, -0.15) is 0 Å². The smallest absolute Gasteiger partial charge is 0.338 e. The lowest BCUT2D eigenvalue weighted by atomic mass is 9.39. The predicted molar refractivity (Wildman–Crippen MR) is 152 cm³/mol. The van der Waals surface area contributed by atoms with Gasteiger partial charge in [0, 0.05) is 22.8 Å². The van der Waals surface area contributed by atoms with E-state index < -0.39 is 51.9 Å². The van der Waals surface area contributed by atoms with Crippen LogP contribution >= 0.6 is 0 Å². The standard InChI is InChI=1S/C34H44O6/c1-10-25(35)40-34-18-38-24(34)16-20(3)33(9)27(34)29(39-30(37)23-14-12-11-13-15-23)32(8)17-19(2)21(4)26(31(32,6)7)22(5)28(33)36/h10-15,19-20,22,24,27,29H,1,16-18H2,2-9H3/t19-,20-,22+,24+,27?,29-,32-,33+,34-/m0/s1. The van der Waals surface area contributed by atoms with Crippen molar-refractivity contribution < 1.29 is 28.6 Å². The molecule has 1 unspecified atom stereocenters. The van der Waals surface area contributed by atoms with Gasteiger partial charge in [-0.05, 0) is 49.1 Å². The van der Waals surface area contributed by atoms with Crippen LogP contribution in [0, 0.1) is 39.9 Å². The summed E-state index contributed by atoms with van der Waals surface area (Å²) >= 11 is 0. The summed E-state index contributed by atoms with van der Waals surface area (Å²) in [6.45, 7) is 20.9. The molecule has 1 saturated heterocycles. The number of allylic oxidation sites excluding steroid dienone is 2. The fourth-order valence-electron chi connectivity index (χ4n) is 9.04. The van der Waals surface area contributed by atoms with Crippen molar-refractivity contribution in [3.05, 3.63) is 59.7 Å². The van der Waals surface area contributed by atoms with Crippen molar-refractivity contribution in [1.29, 1.82) is 0 Å². The van der Waals surface area contributed by atoms with E-state index in [9.17, 15) is 14.4 Å². The van der Waals surface area contributed by atoms with E-state index in [2.05, 4.69) is 48.1 Å². The van der Waals surface area contributed by atoms with Gasteiger partial charge in [0.25, 0.3) is 0 Å². The first-order valence-electron chi connectivity index (χ1n) is 14.6. The fraction of sp³-hybridized carbons (Fsp3) is 0.618. The number of benzene rings is 1. The van der Waals surface area contributed by atoms with Crippen LogP contribution in [-0.2, 0) is 23.8 Å². The number of hydrogen-bond donors (Lipinski definition) is 0. The molecule has 1 aromatic carbocycles. The van der Waals surface area contributed by atoms with Gasteiger partial charge in [-0.15, -0.1) is 0 Å². The Bertz CT molecular complexity index is 1280. The first-order chi connectivity index (χ1) is 18.7. The summed E-state index contributed by atoms with van der Waals surface area (Å²) in [5, 5.41) is 0. The van der Waals surface area contributed by atoms with Gasteiger partial charge < -0.3 is 14.2 Å². The number of carbonyl (C=O) groups excluding carboxylic acids is 3. The number of fused-ring (bicyclic) bond motifs is 5. The average Bonchev–Trinajstić information content (AvgIpc) is 2.91. The Morgan fingerprint density at radius 3 is 2.30 bits per heavy atom. The third-order valence-corrected chi connectivity index (χ3v) is 11.8. The number of rotatable bonds is 4. The molecule has 6 nitrogen and oxygen atoms in total. The van der Waals surface area contributed by atoms with Crippen LogP contribution in [0.15, 0.2) is 54.1 Å². The molecule has 4 aliphatic rings. The molecule has 5 rings (SSSR count). The summed E-state index contributed by atoms with van der Waals surface area (Å²) in [5.74, 6) is -1.72. The summed E-state index contributed by atoms with van der Waals surface area (Å²) in [6.07, 6.45) is 1.38. The summed E-state index contributed by atoms with van der Waals surface area (Å²) in [5.41, 5.74) is -0.254. The summed E-state index contributed by atoms with van der Waals surface area (Å²) in [6, 6.07) is 8.98. The largest absolute Gasteiger partial charge is 0.458 e. The molecular weight excluding hydrogens is 504 g/mol. The predicted octanol–water partition coefficient (Wildman–Crippen LogP) is 6.35. The van der Waals surface area contributed by atoms with Gasteiger partial charge >= 0.3 is 11.9 Å². The maximum absolute atomic E-state index is 14.9. The van der Waals surface area contributed by atoms with Crippen molar-refractivity contribution >= 4 is 17.7 Å². The number of hydrogen-bond acceptors (Lipinski definition) is 6. The van der Waals surface area contributed by atoms with Crippen LogP contribution in [0.3, 0.4) is 0 Å². The number of ether oxygens (including phenoxy) is 3. The van der Waals surface area contributed by atoms with Gasteiger partial charge in [0.05, 0.1) is 18.1 Å². The second-order valence-electron chi connectivity index (χ2n) is 13.8. The lowest BCUT2D eigenvalue weighted by molar-refractivity contribution is -0.333. The molecule has 3 fully saturated rings. The molecule has 2 bridgehead atoms. The van der Waals surface area contributed by atoms with Crippen molar-refractivity contribution in [2.75, 3.05) is 6.61 Å². The van der Waals surface area contributed by atoms with Crippen LogP contribution < -0.4 is 0 Å². The van der Waals surface area contributed by atoms with Crippen LogP contribution in [0.1, 0.15) is 78.6 Å². The summed E-state index contributed by atoms with van der Waals surface area (Å²) in [7, 11) is 0. The molecule has 40 heavy (non-hydrogen) atoms. The molecule has 2 saturated carbocycles. The Kier molecular flexibility index (Phi) is 6.77. The van der Waals surface area contributed by atoms with E-state index in [-0.39, 0.29) is 30.1 Å². The highest BCUT2D eigenvalue weighted by Crippen LogP contribution is 2.69. The molecule has 0 radical (unpaired) electrons. The van der Waals surface area contributed by atoms with E-state index in [1.165, 1.54) is 5.57 Å². The van der Waals surface area contributed by atoms with E-state index in [0.29, 0.717) is 12.0 Å². The average molecular weight is 549 g/mol. The SMILES string of the molecule is C=CC(=O)O[C@@]12CO[C@@H]1C[C@H](C)[C@@]1(C)C(=O)[C@H](C)C3=C(C)[C@@H](C)C[C@@](C)([C@@H](OC(=O)c4ccccc4)C12)C3(C)C. The Morgan fingerprint density at radius 2 is 1.73 bits per heavy atom. The zero-order valence-corrected chi connectivity index (χ0v) is 25.2. The van der Waals surface area contributed by atoms with Crippen LogP contribution in [0.2, 0.25) is 0 Å². The molecule has 1 heterocycles. The minimum absolute atomic E-state index is 0.0879. The van der Waals surface area contributed by atoms with E-state index in [1.807, 2.05) is 32.0 Å². The third kappa shape index (κ3) is 3.67. The quantitative estimate of drug-likeness (QED) is 0.248. The molecule has 9 atom stereocenters. The maximum atomic E-state index is 14.9. The van der Waals surface area contributed by atoms with Crippen molar-refractivity contribution in [3.63, 3.8) is 0 Å². The van der Waals surface area contributed by atoms with E-state index in [1.54, 1.807) is 12.1 Å². The summed E-state index contributed by atoms with van der Waals surface area (Å²) < 4.78 is 19.0.